The van der Waals surface area contributed by atoms with Crippen molar-refractivity contribution in [3.05, 3.63) is 41.5 Å². The Labute approximate surface area is 192 Å². The number of piperidine rings is 1. The third-order valence-electron chi connectivity index (χ3n) is 6.41. The van der Waals surface area contributed by atoms with E-state index >= 15 is 0 Å². The third-order valence-corrected chi connectivity index (χ3v) is 6.41. The molecule has 1 aromatic carbocycles. The van der Waals surface area contributed by atoms with Crippen molar-refractivity contribution in [3.8, 4) is 5.75 Å². The van der Waals surface area contributed by atoms with E-state index in [9.17, 15) is 0 Å². The van der Waals surface area contributed by atoms with Crippen LogP contribution in [0.5, 0.6) is 5.75 Å². The largest absolute Gasteiger partial charge is 0.496 e. The van der Waals surface area contributed by atoms with Gasteiger partial charge in [-0.2, -0.15) is 5.10 Å². The molecule has 1 aliphatic heterocycles. The first-order chi connectivity index (χ1) is 13.6. The average molecular weight is 456 g/mol. The number of nitrogens with two attached hydrogens (primary N) is 1. The summed E-state index contributed by atoms with van der Waals surface area (Å²) in [5.74, 6) is 3.49. The summed E-state index contributed by atoms with van der Waals surface area (Å²) < 4.78 is 7.81. The summed E-state index contributed by atoms with van der Waals surface area (Å²) in [5.41, 5.74) is 7.29. The number of halogens is 2. The van der Waals surface area contributed by atoms with E-state index < -0.39 is 0 Å². The van der Waals surface area contributed by atoms with Gasteiger partial charge in [-0.25, -0.2) is 9.67 Å². The minimum Gasteiger partial charge on any atom is -0.496 e. The molecule has 4 rings (SSSR count). The van der Waals surface area contributed by atoms with Crippen LogP contribution in [0.15, 0.2) is 24.3 Å². The Morgan fingerprint density at radius 2 is 1.70 bits per heavy atom. The SMILES string of the molecule is COc1ccccc1Cc1nc(C2CCC(N)CC2)n(C2CCN(C)CC2)n1.Cl.Cl. The van der Waals surface area contributed by atoms with Crippen LogP contribution in [0, 0.1) is 0 Å². The molecule has 0 bridgehead atoms. The fraction of sp³-hybridized carbons (Fsp3) is 0.636. The van der Waals surface area contributed by atoms with Crippen molar-refractivity contribution in [2.45, 2.75) is 62.9 Å². The number of rotatable bonds is 5. The zero-order chi connectivity index (χ0) is 19.5. The van der Waals surface area contributed by atoms with E-state index in [1.165, 1.54) is 5.82 Å². The monoisotopic (exact) mass is 455 g/mol. The lowest BCUT2D eigenvalue weighted by Gasteiger charge is -2.32. The molecule has 1 saturated carbocycles. The summed E-state index contributed by atoms with van der Waals surface area (Å²) in [6.45, 7) is 2.25. The first kappa shape index (κ1) is 24.9. The molecule has 168 valence electrons. The molecule has 0 atom stereocenters. The summed E-state index contributed by atoms with van der Waals surface area (Å²) in [6, 6.07) is 8.98. The second-order valence-electron chi connectivity index (χ2n) is 8.47. The van der Waals surface area contributed by atoms with Gasteiger partial charge in [0, 0.05) is 23.9 Å². The number of likely N-dealkylation sites (tertiary alicyclic amines) is 1. The maximum absolute atomic E-state index is 6.15. The maximum Gasteiger partial charge on any atom is 0.155 e. The zero-order valence-corrected chi connectivity index (χ0v) is 19.6. The minimum absolute atomic E-state index is 0. The third kappa shape index (κ3) is 5.67. The van der Waals surface area contributed by atoms with E-state index in [0.29, 0.717) is 24.4 Å². The lowest BCUT2D eigenvalue weighted by molar-refractivity contribution is 0.205. The van der Waals surface area contributed by atoms with Crippen molar-refractivity contribution < 1.29 is 4.74 Å². The summed E-state index contributed by atoms with van der Waals surface area (Å²) in [7, 11) is 3.92. The molecular weight excluding hydrogens is 421 g/mol. The number of benzene rings is 1. The Morgan fingerprint density at radius 3 is 2.37 bits per heavy atom. The first-order valence-corrected chi connectivity index (χ1v) is 10.7. The zero-order valence-electron chi connectivity index (χ0n) is 18.0. The predicted molar refractivity (Wildman–Crippen MR) is 125 cm³/mol. The molecule has 0 amide bonds. The summed E-state index contributed by atoms with van der Waals surface area (Å²) in [5, 5.41) is 5.02. The summed E-state index contributed by atoms with van der Waals surface area (Å²) >= 11 is 0. The molecule has 2 aromatic rings. The van der Waals surface area contributed by atoms with Gasteiger partial charge in [0.1, 0.15) is 11.6 Å². The lowest BCUT2D eigenvalue weighted by Crippen LogP contribution is -2.33. The number of nitrogens with zero attached hydrogens (tertiary/aromatic N) is 4. The number of ether oxygens (including phenoxy) is 1. The topological polar surface area (TPSA) is 69.2 Å². The van der Waals surface area contributed by atoms with Gasteiger partial charge in [-0.3, -0.25) is 0 Å². The number of hydrogen-bond acceptors (Lipinski definition) is 5. The maximum atomic E-state index is 6.15. The van der Waals surface area contributed by atoms with Crippen LogP contribution in [0.25, 0.3) is 0 Å². The van der Waals surface area contributed by atoms with Crippen LogP contribution in [0.4, 0.5) is 0 Å². The van der Waals surface area contributed by atoms with E-state index in [-0.39, 0.29) is 24.8 Å². The second kappa shape index (κ2) is 11.3. The Hall–Kier alpha value is -1.34. The fourth-order valence-electron chi connectivity index (χ4n) is 4.64. The second-order valence-corrected chi connectivity index (χ2v) is 8.47. The molecule has 1 aliphatic carbocycles. The molecule has 2 fully saturated rings. The number of para-hydroxylation sites is 1. The summed E-state index contributed by atoms with van der Waals surface area (Å²) in [6.07, 6.45) is 7.43. The summed E-state index contributed by atoms with van der Waals surface area (Å²) in [4.78, 5) is 7.47. The van der Waals surface area contributed by atoms with Crippen molar-refractivity contribution in [2.24, 2.45) is 5.73 Å². The highest BCUT2D eigenvalue weighted by Crippen LogP contribution is 2.34. The average Bonchev–Trinajstić information content (AvgIpc) is 3.13. The Balaban J connectivity index is 0.00000160. The normalized spacial score (nSPS) is 22.8. The molecule has 30 heavy (non-hydrogen) atoms. The van der Waals surface area contributed by atoms with Crippen LogP contribution >= 0.6 is 24.8 Å². The Kier molecular flexibility index (Phi) is 9.41. The van der Waals surface area contributed by atoms with Gasteiger partial charge in [0.2, 0.25) is 0 Å². The molecule has 0 spiro atoms. The highest BCUT2D eigenvalue weighted by atomic mass is 35.5. The van der Waals surface area contributed by atoms with Crippen LogP contribution in [-0.2, 0) is 6.42 Å². The van der Waals surface area contributed by atoms with E-state index in [1.54, 1.807) is 7.11 Å². The molecule has 0 unspecified atom stereocenters. The van der Waals surface area contributed by atoms with Gasteiger partial charge >= 0.3 is 0 Å². The molecule has 6 nitrogen and oxygen atoms in total. The van der Waals surface area contributed by atoms with Crippen LogP contribution in [0.2, 0.25) is 0 Å². The van der Waals surface area contributed by atoms with Gasteiger partial charge in [-0.05, 0) is 64.7 Å². The van der Waals surface area contributed by atoms with Crippen LogP contribution in [-0.4, -0.2) is 53.0 Å². The van der Waals surface area contributed by atoms with E-state index in [2.05, 4.69) is 28.8 Å². The Bertz CT molecular complexity index is 744. The molecule has 2 N–H and O–H groups in total. The molecule has 1 saturated heterocycles. The van der Waals surface area contributed by atoms with E-state index in [0.717, 1.165) is 68.8 Å². The highest BCUT2D eigenvalue weighted by molar-refractivity contribution is 5.85. The van der Waals surface area contributed by atoms with Crippen molar-refractivity contribution >= 4 is 24.8 Å². The lowest BCUT2D eigenvalue weighted by atomic mass is 9.85. The van der Waals surface area contributed by atoms with E-state index in [1.807, 2.05) is 12.1 Å². The van der Waals surface area contributed by atoms with Crippen LogP contribution < -0.4 is 10.5 Å². The number of aromatic nitrogens is 3. The van der Waals surface area contributed by atoms with Gasteiger partial charge in [-0.1, -0.05) is 18.2 Å². The molecular formula is C22H35Cl2N5O. The van der Waals surface area contributed by atoms with E-state index in [4.69, 9.17) is 20.6 Å². The molecule has 1 aromatic heterocycles. The van der Waals surface area contributed by atoms with Crippen molar-refractivity contribution in [3.63, 3.8) is 0 Å². The van der Waals surface area contributed by atoms with Gasteiger partial charge < -0.3 is 15.4 Å². The standard InChI is InChI=1S/C22H33N5O.2ClH/c1-26-13-11-19(12-14-26)27-22(16-7-9-18(23)10-8-16)24-21(25-27)15-17-5-3-4-6-20(17)28-2;;/h3-6,16,18-19H,7-15,23H2,1-2H3;2*1H. The molecule has 0 radical (unpaired) electrons. The number of methoxy groups -OCH3 is 1. The molecule has 2 aliphatic rings. The van der Waals surface area contributed by atoms with Crippen LogP contribution in [0.1, 0.15) is 67.7 Å². The van der Waals surface area contributed by atoms with Crippen molar-refractivity contribution in [2.75, 3.05) is 27.2 Å². The number of hydrogen-bond donors (Lipinski definition) is 1. The first-order valence-electron chi connectivity index (χ1n) is 10.7. The van der Waals surface area contributed by atoms with Gasteiger partial charge in [0.15, 0.2) is 5.82 Å². The van der Waals surface area contributed by atoms with Crippen molar-refractivity contribution in [1.29, 1.82) is 0 Å². The van der Waals surface area contributed by atoms with Gasteiger partial charge in [0.25, 0.3) is 0 Å². The smallest absolute Gasteiger partial charge is 0.155 e. The fourth-order valence-corrected chi connectivity index (χ4v) is 4.64. The van der Waals surface area contributed by atoms with Crippen LogP contribution in [0.3, 0.4) is 0 Å². The predicted octanol–water partition coefficient (Wildman–Crippen LogP) is 3.97. The quantitative estimate of drug-likeness (QED) is 0.738. The molecule has 8 heteroatoms. The van der Waals surface area contributed by atoms with Crippen molar-refractivity contribution in [1.82, 2.24) is 19.7 Å². The molecule has 2 heterocycles. The van der Waals surface area contributed by atoms with Gasteiger partial charge in [-0.15, -0.1) is 24.8 Å². The Morgan fingerprint density at radius 1 is 1.03 bits per heavy atom. The van der Waals surface area contributed by atoms with Gasteiger partial charge in [0.05, 0.1) is 13.2 Å². The highest BCUT2D eigenvalue weighted by Gasteiger charge is 2.29. The minimum atomic E-state index is 0.